The molecule has 11 nitrogen and oxygen atoms in total. The van der Waals surface area contributed by atoms with Gasteiger partial charge >= 0.3 is 5.97 Å². The van der Waals surface area contributed by atoms with Crippen LogP contribution in [0.3, 0.4) is 0 Å². The fourth-order valence-electron chi connectivity index (χ4n) is 6.86. The van der Waals surface area contributed by atoms with E-state index in [1.807, 2.05) is 0 Å². The van der Waals surface area contributed by atoms with E-state index in [2.05, 4.69) is 4.74 Å². The molecule has 3 aliphatic heterocycles. The number of carbonyl (C=O) groups is 3. The number of aliphatic hydroxyl groups is 1. The minimum absolute atomic E-state index is 0.149. The monoisotopic (exact) mass is 579 g/mol. The molecule has 4 rings (SSSR count). The second-order valence-corrected chi connectivity index (χ2v) is 15.3. The van der Waals surface area contributed by atoms with Crippen molar-refractivity contribution in [1.29, 1.82) is 0 Å². The highest BCUT2D eigenvalue weighted by atomic mass is 28.4. The number of esters is 1. The average Bonchev–Trinajstić information content (AvgIpc) is 3.56. The molecule has 40 heavy (non-hydrogen) atoms. The van der Waals surface area contributed by atoms with Gasteiger partial charge in [-0.25, -0.2) is 0 Å². The molecule has 1 spiro atoms. The summed E-state index contributed by atoms with van der Waals surface area (Å²) >= 11 is 0. The third kappa shape index (κ3) is 5.26. The Balaban J connectivity index is 1.70. The number of nitro groups is 1. The highest BCUT2D eigenvalue weighted by Crippen LogP contribution is 2.60. The van der Waals surface area contributed by atoms with Gasteiger partial charge in [-0.3, -0.25) is 24.5 Å². The number of carbonyl (C=O) groups excluding carboxylic acids is 3. The van der Waals surface area contributed by atoms with E-state index in [1.54, 1.807) is 11.8 Å². The number of anilines is 1. The van der Waals surface area contributed by atoms with Crippen LogP contribution < -0.4 is 4.90 Å². The highest BCUT2D eigenvalue weighted by Gasteiger charge is 2.67. The van der Waals surface area contributed by atoms with E-state index in [4.69, 9.17) is 4.74 Å². The van der Waals surface area contributed by atoms with Crippen LogP contribution >= 0.6 is 0 Å². The molecule has 3 heterocycles. The Morgan fingerprint density at radius 1 is 1.32 bits per heavy atom. The number of nitro benzene ring substituents is 1. The molecular weight excluding hydrogens is 541 g/mol. The lowest BCUT2D eigenvalue weighted by Gasteiger charge is -2.31. The Labute approximate surface area is 233 Å². The highest BCUT2D eigenvalue weighted by molar-refractivity contribution is 6.72. The largest absolute Gasteiger partial charge is 0.469 e. The van der Waals surface area contributed by atoms with Gasteiger partial charge in [-0.2, -0.15) is 0 Å². The Morgan fingerprint density at radius 2 is 2.05 bits per heavy atom. The third-order valence-corrected chi connectivity index (χ3v) is 11.1. The fourth-order valence-corrected chi connectivity index (χ4v) is 9.35. The van der Waals surface area contributed by atoms with E-state index in [0.717, 1.165) is 6.42 Å². The second-order valence-electron chi connectivity index (χ2n) is 11.5. The van der Waals surface area contributed by atoms with Crippen molar-refractivity contribution in [2.45, 2.75) is 81.8 Å². The van der Waals surface area contributed by atoms with Gasteiger partial charge in [0.25, 0.3) is 11.6 Å². The zero-order valence-corrected chi connectivity index (χ0v) is 24.4. The number of benzene rings is 1. The molecule has 3 aliphatic rings. The summed E-state index contributed by atoms with van der Waals surface area (Å²) in [5.41, 5.74) is -1.88. The van der Waals surface area contributed by atoms with E-state index < -0.39 is 42.4 Å². The van der Waals surface area contributed by atoms with Crippen molar-refractivity contribution in [3.8, 4) is 0 Å². The Morgan fingerprint density at radius 3 is 2.67 bits per heavy atom. The lowest BCUT2D eigenvalue weighted by atomic mass is 9.82. The number of amides is 2. The average molecular weight is 580 g/mol. The van der Waals surface area contributed by atoms with Gasteiger partial charge < -0.3 is 28.5 Å². The van der Waals surface area contributed by atoms with Crippen LogP contribution in [0.4, 0.5) is 15.5 Å². The zero-order chi connectivity index (χ0) is 29.4. The Bertz CT molecular complexity index is 1180. The number of hydrogen-bond donors (Lipinski definition) is 1. The summed E-state index contributed by atoms with van der Waals surface area (Å²) in [4.78, 5) is 53.4. The van der Waals surface area contributed by atoms with E-state index in [-0.39, 0.29) is 49.6 Å². The van der Waals surface area contributed by atoms with Crippen molar-refractivity contribution < 1.29 is 38.0 Å². The number of nitrogens with zero attached hydrogens (tertiary/aromatic N) is 3. The molecule has 5 atom stereocenters. The van der Waals surface area contributed by atoms with Crippen molar-refractivity contribution in [1.82, 2.24) is 4.90 Å². The summed E-state index contributed by atoms with van der Waals surface area (Å²) < 4.78 is 27.2. The summed E-state index contributed by atoms with van der Waals surface area (Å²) in [5.74, 6) is -1.77. The topological polar surface area (TPSA) is 140 Å². The minimum Gasteiger partial charge on any atom is -0.469 e. The molecule has 0 unspecified atom stereocenters. The van der Waals surface area contributed by atoms with Crippen LogP contribution in [-0.4, -0.2) is 80.1 Å². The number of aliphatic hydroxyl groups excluding tert-OH is 1. The van der Waals surface area contributed by atoms with Gasteiger partial charge in [0.1, 0.15) is 0 Å². The van der Waals surface area contributed by atoms with Crippen molar-refractivity contribution >= 4 is 37.6 Å². The van der Waals surface area contributed by atoms with Crippen LogP contribution in [0.2, 0.25) is 18.6 Å². The molecule has 0 aliphatic carbocycles. The molecule has 13 heteroatoms. The molecule has 2 fully saturated rings. The van der Waals surface area contributed by atoms with E-state index in [1.165, 1.54) is 43.3 Å². The van der Waals surface area contributed by atoms with Gasteiger partial charge in [0, 0.05) is 48.7 Å². The number of fused-ring (bicyclic) bond motifs is 2. The number of halogens is 1. The first kappa shape index (κ1) is 30.1. The maximum atomic E-state index is 16.0. The molecule has 220 valence electrons. The number of ether oxygens (including phenoxy) is 2. The van der Waals surface area contributed by atoms with Crippen LogP contribution in [0.15, 0.2) is 18.2 Å². The Hall–Kier alpha value is -2.90. The van der Waals surface area contributed by atoms with Crippen LogP contribution in [0.1, 0.15) is 51.0 Å². The number of rotatable bonds is 10. The van der Waals surface area contributed by atoms with Crippen LogP contribution in [-0.2, 0) is 29.5 Å². The summed E-state index contributed by atoms with van der Waals surface area (Å²) in [5, 5.41) is 21.4. The van der Waals surface area contributed by atoms with Crippen LogP contribution in [0, 0.1) is 16.0 Å². The van der Waals surface area contributed by atoms with Gasteiger partial charge in [0.15, 0.2) is 5.60 Å². The van der Waals surface area contributed by atoms with E-state index in [0.29, 0.717) is 37.1 Å². The number of non-ortho nitro benzene ring substituents is 1. The predicted molar refractivity (Wildman–Crippen MR) is 146 cm³/mol. The molecule has 2 amide bonds. The van der Waals surface area contributed by atoms with Crippen molar-refractivity contribution in [3.05, 3.63) is 33.9 Å². The Kier molecular flexibility index (Phi) is 8.67. The number of likely N-dealkylation sites (tertiary alicyclic amines) is 1. The van der Waals surface area contributed by atoms with Crippen molar-refractivity contribution in [2.24, 2.45) is 5.92 Å². The molecular formula is C27H38FN3O8Si. The van der Waals surface area contributed by atoms with Crippen LogP contribution in [0.5, 0.6) is 0 Å². The first-order chi connectivity index (χ1) is 18.9. The molecule has 0 aromatic heterocycles. The molecule has 1 aromatic rings. The molecule has 1 aromatic carbocycles. The first-order valence-corrected chi connectivity index (χ1v) is 16.8. The molecule has 0 saturated carbocycles. The summed E-state index contributed by atoms with van der Waals surface area (Å²) in [6, 6.07) is 3.86. The normalized spacial score (nSPS) is 27.9. The second kappa shape index (κ2) is 11.5. The fraction of sp³-hybridized carbons (Fsp3) is 0.667. The van der Waals surface area contributed by atoms with E-state index >= 15 is 4.11 Å². The smallest absolute Gasteiger partial charge is 0.305 e. The van der Waals surface area contributed by atoms with Gasteiger partial charge in [0.05, 0.1) is 42.9 Å². The lowest BCUT2D eigenvalue weighted by Crippen LogP contribution is -2.45. The maximum Gasteiger partial charge on any atom is 0.305 e. The standard InChI is InChI=1S/C27H38FN3O8Si/c1-17-25(40(3,4)28)22(15-23(33)29-13-7-8-19(29)16-32)39-27(17)20-14-18(31(36)37)10-11-21(20)30(26(27)35)12-6-5-9-24(34)38-2/h10-11,14,17,19,22,25,32H,5-9,12-13,15-16H2,1-4H3/t17-,19+,22+,25-,27+/m1/s1. The molecule has 0 radical (unpaired) electrons. The summed E-state index contributed by atoms with van der Waals surface area (Å²) in [6.45, 7) is 5.35. The number of methoxy groups -OCH3 is 1. The zero-order valence-electron chi connectivity index (χ0n) is 23.4. The van der Waals surface area contributed by atoms with Crippen molar-refractivity contribution in [3.63, 3.8) is 0 Å². The minimum atomic E-state index is -3.53. The lowest BCUT2D eigenvalue weighted by molar-refractivity contribution is -0.385. The molecule has 2 saturated heterocycles. The third-order valence-electron chi connectivity index (χ3n) is 8.68. The molecule has 1 N–H and O–H groups in total. The summed E-state index contributed by atoms with van der Waals surface area (Å²) in [7, 11) is -2.23. The SMILES string of the molecule is COC(=O)CCCCN1C(=O)[C@@]2(O[C@@H](CC(=O)N3CCC[C@H]3CO)[C@H]([Si](C)(C)F)[C@H]2C)c2cc([N+](=O)[O-])ccc21. The summed E-state index contributed by atoms with van der Waals surface area (Å²) in [6.07, 6.45) is 1.50. The van der Waals surface area contributed by atoms with Crippen molar-refractivity contribution in [2.75, 3.05) is 31.7 Å². The first-order valence-electron chi connectivity index (χ1n) is 13.8. The predicted octanol–water partition coefficient (Wildman–Crippen LogP) is 3.43. The van der Waals surface area contributed by atoms with Gasteiger partial charge in [0.2, 0.25) is 14.3 Å². The van der Waals surface area contributed by atoms with Crippen LogP contribution in [0.25, 0.3) is 0 Å². The van der Waals surface area contributed by atoms with Gasteiger partial charge in [-0.05, 0) is 44.8 Å². The number of unbranched alkanes of at least 4 members (excludes halogenated alkanes) is 1. The molecule has 0 bridgehead atoms. The number of hydrogen-bond acceptors (Lipinski definition) is 8. The van der Waals surface area contributed by atoms with Gasteiger partial charge in [-0.15, -0.1) is 0 Å². The maximum absolute atomic E-state index is 16.0. The van der Waals surface area contributed by atoms with E-state index in [9.17, 15) is 29.6 Å². The quantitative estimate of drug-likeness (QED) is 0.111. The van der Waals surface area contributed by atoms with Gasteiger partial charge in [-0.1, -0.05) is 6.92 Å².